The fourth-order valence-electron chi connectivity index (χ4n) is 2.58. The first-order chi connectivity index (χ1) is 10.5. The molecule has 0 spiro atoms. The molecule has 5 nitrogen and oxygen atoms in total. The number of imidazole rings is 1. The van der Waals surface area contributed by atoms with Crippen molar-refractivity contribution in [2.24, 2.45) is 0 Å². The third-order valence-electron chi connectivity index (χ3n) is 3.70. The number of aryl methyl sites for hydroxylation is 3. The van der Waals surface area contributed by atoms with E-state index in [0.717, 1.165) is 23.5 Å². The summed E-state index contributed by atoms with van der Waals surface area (Å²) in [5.74, 6) is 1.30. The van der Waals surface area contributed by atoms with Crippen LogP contribution in [0.1, 0.15) is 33.1 Å². The molecular weight excluding hydrogens is 278 g/mol. The Morgan fingerprint density at radius 2 is 2.14 bits per heavy atom. The number of carbonyl (C=O) groups is 1. The van der Waals surface area contributed by atoms with Crippen molar-refractivity contribution >= 4 is 11.6 Å². The van der Waals surface area contributed by atoms with Crippen molar-refractivity contribution in [1.29, 1.82) is 0 Å². The normalized spacial score (nSPS) is 11.0. The number of rotatable bonds is 4. The smallest absolute Gasteiger partial charge is 0.254 e. The highest BCUT2D eigenvalue weighted by Gasteiger charge is 2.13. The molecule has 0 bridgehead atoms. The molecule has 0 saturated carbocycles. The number of amides is 1. The lowest BCUT2D eigenvalue weighted by atomic mass is 10.2. The van der Waals surface area contributed by atoms with E-state index < -0.39 is 0 Å². The number of pyridine rings is 1. The van der Waals surface area contributed by atoms with Gasteiger partial charge in [0.15, 0.2) is 0 Å². The second-order valence-electron chi connectivity index (χ2n) is 5.51. The predicted molar refractivity (Wildman–Crippen MR) is 84.1 cm³/mol. The minimum atomic E-state index is -0.0981. The van der Waals surface area contributed by atoms with Crippen LogP contribution in [0.25, 0.3) is 5.65 Å². The molecule has 5 heteroatoms. The molecule has 0 radical (unpaired) electrons. The highest BCUT2D eigenvalue weighted by molar-refractivity contribution is 5.95. The lowest BCUT2D eigenvalue weighted by Gasteiger charge is -2.05. The fraction of sp³-hybridized carbons (Fsp3) is 0.294. The zero-order chi connectivity index (χ0) is 15.7. The predicted octanol–water partition coefficient (Wildman–Crippen LogP) is 2.83. The average Bonchev–Trinajstić information content (AvgIpc) is 3.01. The Morgan fingerprint density at radius 3 is 2.86 bits per heavy atom. The number of fused-ring (bicyclic) bond motifs is 1. The van der Waals surface area contributed by atoms with Gasteiger partial charge in [0, 0.05) is 31.1 Å². The quantitative estimate of drug-likeness (QED) is 0.805. The Labute approximate surface area is 129 Å². The van der Waals surface area contributed by atoms with E-state index >= 15 is 0 Å². The van der Waals surface area contributed by atoms with Crippen LogP contribution in [0.4, 0.5) is 0 Å². The molecule has 22 heavy (non-hydrogen) atoms. The second-order valence-corrected chi connectivity index (χ2v) is 5.51. The van der Waals surface area contributed by atoms with Gasteiger partial charge in [0.1, 0.15) is 17.2 Å². The first-order valence-electron chi connectivity index (χ1n) is 7.32. The number of aromatic nitrogens is 2. The largest absolute Gasteiger partial charge is 0.466 e. The minimum Gasteiger partial charge on any atom is -0.466 e. The van der Waals surface area contributed by atoms with Gasteiger partial charge in [0.2, 0.25) is 0 Å². The van der Waals surface area contributed by atoms with Crippen LogP contribution in [0.15, 0.2) is 35.0 Å². The van der Waals surface area contributed by atoms with Crippen molar-refractivity contribution in [3.8, 4) is 0 Å². The monoisotopic (exact) mass is 297 g/mol. The maximum atomic E-state index is 12.1. The zero-order valence-corrected chi connectivity index (χ0v) is 13.0. The number of carbonyl (C=O) groups excluding carboxylic acids is 1. The Morgan fingerprint density at radius 1 is 1.32 bits per heavy atom. The molecule has 3 rings (SSSR count). The molecule has 3 aromatic rings. The second kappa shape index (κ2) is 5.67. The van der Waals surface area contributed by atoms with E-state index in [1.807, 2.05) is 42.8 Å². The van der Waals surface area contributed by atoms with E-state index in [0.29, 0.717) is 17.9 Å². The van der Waals surface area contributed by atoms with Gasteiger partial charge in [0.25, 0.3) is 5.91 Å². The molecule has 1 N–H and O–H groups in total. The summed E-state index contributed by atoms with van der Waals surface area (Å²) in [5.41, 5.74) is 3.80. The van der Waals surface area contributed by atoms with Gasteiger partial charge in [-0.15, -0.1) is 0 Å². The molecule has 0 fully saturated rings. The molecule has 3 aromatic heterocycles. The summed E-state index contributed by atoms with van der Waals surface area (Å²) in [5, 5.41) is 2.93. The van der Waals surface area contributed by atoms with Gasteiger partial charge in [-0.1, -0.05) is 0 Å². The van der Waals surface area contributed by atoms with E-state index in [4.69, 9.17) is 4.42 Å². The van der Waals surface area contributed by atoms with Gasteiger partial charge in [-0.05, 0) is 44.5 Å². The Kier molecular flexibility index (Phi) is 3.71. The van der Waals surface area contributed by atoms with Crippen LogP contribution in [0.3, 0.4) is 0 Å². The van der Waals surface area contributed by atoms with Crippen LogP contribution in [-0.2, 0) is 6.42 Å². The van der Waals surface area contributed by atoms with Gasteiger partial charge in [-0.3, -0.25) is 4.79 Å². The number of nitrogens with one attached hydrogen (secondary N) is 1. The lowest BCUT2D eigenvalue weighted by Crippen LogP contribution is -2.26. The van der Waals surface area contributed by atoms with Crippen LogP contribution in [-0.4, -0.2) is 21.8 Å². The maximum Gasteiger partial charge on any atom is 0.254 e. The minimum absolute atomic E-state index is 0.0981. The summed E-state index contributed by atoms with van der Waals surface area (Å²) < 4.78 is 7.43. The Hall–Kier alpha value is -2.56. The molecule has 0 atom stereocenters. The summed E-state index contributed by atoms with van der Waals surface area (Å²) in [7, 11) is 0. The van der Waals surface area contributed by atoms with Gasteiger partial charge in [0.05, 0.1) is 5.56 Å². The molecule has 0 unspecified atom stereocenters. The lowest BCUT2D eigenvalue weighted by molar-refractivity contribution is 0.0952. The topological polar surface area (TPSA) is 59.5 Å². The SMILES string of the molecule is Cc1ccn2c(CCNC(=O)c3cc(C)oc3C)cnc2c1. The highest BCUT2D eigenvalue weighted by atomic mass is 16.3. The van der Waals surface area contributed by atoms with Crippen LogP contribution in [0.5, 0.6) is 0 Å². The van der Waals surface area contributed by atoms with Gasteiger partial charge in [-0.25, -0.2) is 4.98 Å². The average molecular weight is 297 g/mol. The van der Waals surface area contributed by atoms with E-state index in [9.17, 15) is 4.79 Å². The number of nitrogens with zero attached hydrogens (tertiary/aromatic N) is 2. The summed E-state index contributed by atoms with van der Waals surface area (Å²) in [6.07, 6.45) is 4.60. The van der Waals surface area contributed by atoms with Crippen molar-refractivity contribution in [3.05, 3.63) is 58.9 Å². The van der Waals surface area contributed by atoms with Crippen molar-refractivity contribution in [2.45, 2.75) is 27.2 Å². The van der Waals surface area contributed by atoms with Gasteiger partial charge < -0.3 is 14.1 Å². The van der Waals surface area contributed by atoms with Crippen molar-refractivity contribution in [3.63, 3.8) is 0 Å². The Balaban J connectivity index is 1.65. The first kappa shape index (κ1) is 14.4. The first-order valence-corrected chi connectivity index (χ1v) is 7.32. The molecule has 3 heterocycles. The van der Waals surface area contributed by atoms with Gasteiger partial charge >= 0.3 is 0 Å². The summed E-state index contributed by atoms with van der Waals surface area (Å²) in [4.78, 5) is 16.5. The zero-order valence-electron chi connectivity index (χ0n) is 13.0. The van der Waals surface area contributed by atoms with E-state index in [1.54, 1.807) is 13.0 Å². The molecule has 0 aromatic carbocycles. The maximum absolute atomic E-state index is 12.1. The molecule has 114 valence electrons. The van der Waals surface area contributed by atoms with E-state index in [1.165, 1.54) is 5.56 Å². The standard InChI is InChI=1S/C17H19N3O2/c1-11-5-7-20-14(10-19-16(20)8-11)4-6-18-17(21)15-9-12(2)22-13(15)3/h5,7-10H,4,6H2,1-3H3,(H,18,21). The van der Waals surface area contributed by atoms with Crippen molar-refractivity contribution in [1.82, 2.24) is 14.7 Å². The molecule has 0 aliphatic rings. The van der Waals surface area contributed by atoms with Crippen molar-refractivity contribution in [2.75, 3.05) is 6.54 Å². The number of hydrogen-bond donors (Lipinski definition) is 1. The molecule has 0 aliphatic heterocycles. The summed E-state index contributed by atoms with van der Waals surface area (Å²) in [6, 6.07) is 5.86. The van der Waals surface area contributed by atoms with Crippen LogP contribution < -0.4 is 5.32 Å². The third kappa shape index (κ3) is 2.74. The molecule has 0 aliphatic carbocycles. The molecular formula is C17H19N3O2. The van der Waals surface area contributed by atoms with Crippen LogP contribution in [0, 0.1) is 20.8 Å². The highest BCUT2D eigenvalue weighted by Crippen LogP contribution is 2.13. The van der Waals surface area contributed by atoms with E-state index in [2.05, 4.69) is 10.3 Å². The number of furan rings is 1. The third-order valence-corrected chi connectivity index (χ3v) is 3.70. The van der Waals surface area contributed by atoms with Crippen LogP contribution >= 0.6 is 0 Å². The summed E-state index contributed by atoms with van der Waals surface area (Å²) in [6.45, 7) is 6.24. The van der Waals surface area contributed by atoms with Crippen molar-refractivity contribution < 1.29 is 9.21 Å². The fourth-order valence-corrected chi connectivity index (χ4v) is 2.58. The molecule has 0 saturated heterocycles. The Bertz CT molecular complexity index is 830. The number of hydrogen-bond acceptors (Lipinski definition) is 3. The van der Waals surface area contributed by atoms with E-state index in [-0.39, 0.29) is 5.91 Å². The van der Waals surface area contributed by atoms with Gasteiger partial charge in [-0.2, -0.15) is 0 Å². The molecule has 1 amide bonds. The van der Waals surface area contributed by atoms with Crippen LogP contribution in [0.2, 0.25) is 0 Å². The summed E-state index contributed by atoms with van der Waals surface area (Å²) >= 11 is 0.